The van der Waals surface area contributed by atoms with E-state index in [0.29, 0.717) is 6.10 Å². The molecule has 0 radical (unpaired) electrons. The van der Waals surface area contributed by atoms with E-state index < -0.39 is 0 Å². The summed E-state index contributed by atoms with van der Waals surface area (Å²) in [5.74, 6) is 0. The van der Waals surface area contributed by atoms with Crippen LogP contribution in [0.4, 0.5) is 0 Å². The van der Waals surface area contributed by atoms with Crippen LogP contribution in [0.3, 0.4) is 0 Å². The molecule has 1 saturated heterocycles. The second-order valence-corrected chi connectivity index (χ2v) is 2.29. The van der Waals surface area contributed by atoms with Crippen LogP contribution in [0.25, 0.3) is 0 Å². The van der Waals surface area contributed by atoms with Crippen molar-refractivity contribution < 1.29 is 9.47 Å². The molecular weight excluding hydrogens is 116 g/mol. The molecule has 1 aliphatic heterocycles. The maximum absolute atomic E-state index is 5.33. The van der Waals surface area contributed by atoms with E-state index in [-0.39, 0.29) is 0 Å². The maximum Gasteiger partial charge on any atom is 0.0809 e. The van der Waals surface area contributed by atoms with Gasteiger partial charge in [-0.15, -0.1) is 0 Å². The summed E-state index contributed by atoms with van der Waals surface area (Å²) in [7, 11) is 0. The predicted molar refractivity (Wildman–Crippen MR) is 35.5 cm³/mol. The zero-order valence-corrected chi connectivity index (χ0v) is 5.93. The topological polar surface area (TPSA) is 18.5 Å². The van der Waals surface area contributed by atoms with Crippen molar-refractivity contribution in [3.8, 4) is 0 Å². The third-order valence-electron chi connectivity index (χ3n) is 1.53. The molecule has 1 aliphatic rings. The molecule has 1 unspecified atom stereocenters. The minimum absolute atomic E-state index is 0.393. The van der Waals surface area contributed by atoms with Gasteiger partial charge >= 0.3 is 0 Å². The minimum atomic E-state index is 0.393. The smallest absolute Gasteiger partial charge is 0.0809 e. The van der Waals surface area contributed by atoms with Crippen molar-refractivity contribution in [3.63, 3.8) is 0 Å². The molecule has 9 heavy (non-hydrogen) atoms. The van der Waals surface area contributed by atoms with Crippen LogP contribution in [-0.2, 0) is 9.47 Å². The quantitative estimate of drug-likeness (QED) is 0.571. The lowest BCUT2D eigenvalue weighted by Gasteiger charge is -2.07. The number of rotatable bonds is 3. The molecule has 0 aromatic carbocycles. The number of hydrogen-bond acceptors (Lipinski definition) is 2. The first-order chi connectivity index (χ1) is 4.43. The van der Waals surface area contributed by atoms with Gasteiger partial charge in [0.1, 0.15) is 0 Å². The van der Waals surface area contributed by atoms with Gasteiger partial charge in [-0.25, -0.2) is 0 Å². The highest BCUT2D eigenvalue weighted by molar-refractivity contribution is 4.62. The largest absolute Gasteiger partial charge is 0.379 e. The van der Waals surface area contributed by atoms with Crippen LogP contribution in [-0.4, -0.2) is 25.9 Å². The highest BCUT2D eigenvalue weighted by Crippen LogP contribution is 2.11. The molecule has 0 saturated carbocycles. The highest BCUT2D eigenvalue weighted by atomic mass is 16.5. The molecule has 0 aliphatic carbocycles. The Hall–Kier alpha value is -0.0800. The molecule has 0 amide bonds. The molecule has 1 atom stereocenters. The number of hydrogen-bond donors (Lipinski definition) is 0. The van der Waals surface area contributed by atoms with E-state index in [4.69, 9.17) is 9.47 Å². The molecule has 0 aromatic heterocycles. The van der Waals surface area contributed by atoms with Crippen LogP contribution in [0.1, 0.15) is 19.8 Å². The summed E-state index contributed by atoms with van der Waals surface area (Å²) in [6.07, 6.45) is 2.78. The first-order valence-electron chi connectivity index (χ1n) is 3.63. The number of ether oxygens (including phenoxy) is 2. The SMILES string of the molecule is CCOCC1CCCO1. The first kappa shape index (κ1) is 7.03. The van der Waals surface area contributed by atoms with Crippen LogP contribution >= 0.6 is 0 Å². The average Bonchev–Trinajstić information content (AvgIpc) is 2.34. The van der Waals surface area contributed by atoms with E-state index in [1.165, 1.54) is 12.8 Å². The summed E-state index contributed by atoms with van der Waals surface area (Å²) >= 11 is 0. The highest BCUT2D eigenvalue weighted by Gasteiger charge is 2.14. The van der Waals surface area contributed by atoms with Gasteiger partial charge in [-0.05, 0) is 19.8 Å². The molecule has 1 rings (SSSR count). The van der Waals surface area contributed by atoms with Crippen molar-refractivity contribution in [1.29, 1.82) is 0 Å². The lowest BCUT2D eigenvalue weighted by atomic mass is 10.2. The van der Waals surface area contributed by atoms with E-state index in [9.17, 15) is 0 Å². The second-order valence-electron chi connectivity index (χ2n) is 2.29. The fourth-order valence-electron chi connectivity index (χ4n) is 1.03. The van der Waals surface area contributed by atoms with E-state index in [1.807, 2.05) is 6.92 Å². The Labute approximate surface area is 56.2 Å². The average molecular weight is 130 g/mol. The first-order valence-corrected chi connectivity index (χ1v) is 3.63. The summed E-state index contributed by atoms with van der Waals surface area (Å²) in [6.45, 7) is 4.53. The normalized spacial score (nSPS) is 27.0. The van der Waals surface area contributed by atoms with Gasteiger partial charge < -0.3 is 9.47 Å². The Morgan fingerprint density at radius 2 is 2.56 bits per heavy atom. The van der Waals surface area contributed by atoms with Gasteiger partial charge in [0.2, 0.25) is 0 Å². The molecule has 0 bridgehead atoms. The van der Waals surface area contributed by atoms with E-state index in [1.54, 1.807) is 0 Å². The summed E-state index contributed by atoms with van der Waals surface area (Å²) in [5, 5.41) is 0. The van der Waals surface area contributed by atoms with E-state index in [2.05, 4.69) is 0 Å². The monoisotopic (exact) mass is 130 g/mol. The van der Waals surface area contributed by atoms with Crippen LogP contribution in [0.5, 0.6) is 0 Å². The van der Waals surface area contributed by atoms with Crippen molar-refractivity contribution in [3.05, 3.63) is 0 Å². The lowest BCUT2D eigenvalue weighted by Crippen LogP contribution is -2.13. The Balaban J connectivity index is 1.98. The Morgan fingerprint density at radius 3 is 3.11 bits per heavy atom. The molecular formula is C7H14O2. The second kappa shape index (κ2) is 3.85. The van der Waals surface area contributed by atoms with Crippen molar-refractivity contribution in [2.45, 2.75) is 25.9 Å². The third kappa shape index (κ3) is 2.33. The van der Waals surface area contributed by atoms with Gasteiger partial charge in [0.05, 0.1) is 12.7 Å². The van der Waals surface area contributed by atoms with Gasteiger partial charge in [-0.3, -0.25) is 0 Å². The standard InChI is InChI=1S/C7H14O2/c1-2-8-6-7-4-3-5-9-7/h7H,2-6H2,1H3. The fraction of sp³-hybridized carbons (Fsp3) is 1.00. The van der Waals surface area contributed by atoms with Crippen molar-refractivity contribution in [2.24, 2.45) is 0 Å². The summed E-state index contributed by atoms with van der Waals surface area (Å²) in [4.78, 5) is 0. The van der Waals surface area contributed by atoms with Gasteiger partial charge in [-0.1, -0.05) is 0 Å². The fourth-order valence-corrected chi connectivity index (χ4v) is 1.03. The lowest BCUT2D eigenvalue weighted by molar-refractivity contribution is 0.0217. The summed E-state index contributed by atoms with van der Waals surface area (Å²) in [5.41, 5.74) is 0. The van der Waals surface area contributed by atoms with Gasteiger partial charge in [0.25, 0.3) is 0 Å². The molecule has 1 fully saturated rings. The minimum Gasteiger partial charge on any atom is -0.379 e. The zero-order chi connectivity index (χ0) is 6.53. The maximum atomic E-state index is 5.33. The van der Waals surface area contributed by atoms with E-state index >= 15 is 0 Å². The van der Waals surface area contributed by atoms with Crippen molar-refractivity contribution >= 4 is 0 Å². The van der Waals surface area contributed by atoms with Crippen LogP contribution in [0.15, 0.2) is 0 Å². The summed E-state index contributed by atoms with van der Waals surface area (Å²) in [6, 6.07) is 0. The molecule has 54 valence electrons. The predicted octanol–water partition coefficient (Wildman–Crippen LogP) is 1.20. The van der Waals surface area contributed by atoms with Crippen molar-refractivity contribution in [2.75, 3.05) is 19.8 Å². The van der Waals surface area contributed by atoms with Crippen LogP contribution in [0.2, 0.25) is 0 Å². The van der Waals surface area contributed by atoms with Crippen LogP contribution < -0.4 is 0 Å². The van der Waals surface area contributed by atoms with Crippen LogP contribution in [0, 0.1) is 0 Å². The zero-order valence-electron chi connectivity index (χ0n) is 5.93. The summed E-state index contributed by atoms with van der Waals surface area (Å²) < 4.78 is 10.5. The molecule has 0 spiro atoms. The van der Waals surface area contributed by atoms with Crippen molar-refractivity contribution in [1.82, 2.24) is 0 Å². The molecule has 0 N–H and O–H groups in total. The molecule has 2 nitrogen and oxygen atoms in total. The van der Waals surface area contributed by atoms with Gasteiger partial charge in [0.15, 0.2) is 0 Å². The molecule has 2 heteroatoms. The Morgan fingerprint density at radius 1 is 1.67 bits per heavy atom. The van der Waals surface area contributed by atoms with Gasteiger partial charge in [0, 0.05) is 13.2 Å². The van der Waals surface area contributed by atoms with E-state index in [0.717, 1.165) is 19.8 Å². The molecule has 1 heterocycles. The Kier molecular flexibility index (Phi) is 3.01. The molecule has 0 aromatic rings. The Bertz CT molecular complexity index is 67.3. The van der Waals surface area contributed by atoms with Gasteiger partial charge in [-0.2, -0.15) is 0 Å². The third-order valence-corrected chi connectivity index (χ3v) is 1.53.